The number of rotatable bonds is 5. The number of benzene rings is 1. The molecule has 1 aliphatic carbocycles. The van der Waals surface area contributed by atoms with Gasteiger partial charge in [-0.2, -0.15) is 0 Å². The smallest absolute Gasteiger partial charge is 0.310 e. The molecule has 2 unspecified atom stereocenters. The first-order chi connectivity index (χ1) is 12.3. The number of esters is 1. The van der Waals surface area contributed by atoms with Crippen LogP contribution in [0.15, 0.2) is 52.9 Å². The van der Waals surface area contributed by atoms with Gasteiger partial charge in [0.05, 0.1) is 22.3 Å². The van der Waals surface area contributed by atoms with E-state index in [4.69, 9.17) is 4.74 Å². The van der Waals surface area contributed by atoms with E-state index in [9.17, 15) is 4.79 Å². The molecule has 0 bridgehead atoms. The number of hydrogen-bond donors (Lipinski definition) is 0. The third-order valence-electron chi connectivity index (χ3n) is 4.56. The van der Waals surface area contributed by atoms with Crippen molar-refractivity contribution in [3.8, 4) is 10.4 Å². The highest BCUT2D eigenvalue weighted by Gasteiger charge is 2.38. The first kappa shape index (κ1) is 16.6. The van der Waals surface area contributed by atoms with Crippen LogP contribution in [-0.2, 0) is 9.53 Å². The summed E-state index contributed by atoms with van der Waals surface area (Å²) < 4.78 is 6.44. The zero-order valence-electron chi connectivity index (χ0n) is 14.0. The minimum absolute atomic E-state index is 0.0387. The average Bonchev–Trinajstić information content (AvgIpc) is 3.07. The average molecular weight is 370 g/mol. The maximum Gasteiger partial charge on any atom is 0.310 e. The van der Waals surface area contributed by atoms with Gasteiger partial charge in [0.1, 0.15) is 0 Å². The van der Waals surface area contributed by atoms with E-state index in [1.807, 2.05) is 37.0 Å². The molecule has 4 rings (SSSR count). The van der Waals surface area contributed by atoms with Gasteiger partial charge in [-0.25, -0.2) is 0 Å². The summed E-state index contributed by atoms with van der Waals surface area (Å²) in [7, 11) is 0. The van der Waals surface area contributed by atoms with E-state index in [0.29, 0.717) is 11.9 Å². The van der Waals surface area contributed by atoms with Gasteiger partial charge in [0.2, 0.25) is 0 Å². The molecular weight excluding hydrogens is 350 g/mol. The van der Waals surface area contributed by atoms with Gasteiger partial charge < -0.3 is 4.74 Å². The standard InChI is InChI=1S/C20H19NO2S2/c1-2-23-20(22)15-7-8-18(15)25-19-10-9-17(24-19)14-11-12-21-16-6-4-3-5-13(14)16/h3-6,9-12,15,18H,2,7-8H2,1H3. The minimum atomic E-state index is -0.0387. The lowest BCUT2D eigenvalue weighted by Crippen LogP contribution is -2.36. The minimum Gasteiger partial charge on any atom is -0.466 e. The van der Waals surface area contributed by atoms with Crippen molar-refractivity contribution < 1.29 is 9.53 Å². The lowest BCUT2D eigenvalue weighted by Gasteiger charge is -2.33. The monoisotopic (exact) mass is 369 g/mol. The summed E-state index contributed by atoms with van der Waals surface area (Å²) in [6.45, 7) is 2.33. The number of nitrogens with zero attached hydrogens (tertiary/aromatic N) is 1. The molecule has 1 aliphatic rings. The van der Waals surface area contributed by atoms with Crippen molar-refractivity contribution in [2.75, 3.05) is 6.61 Å². The number of aromatic nitrogens is 1. The normalized spacial score (nSPS) is 19.6. The topological polar surface area (TPSA) is 39.2 Å². The van der Waals surface area contributed by atoms with Crippen LogP contribution in [0.4, 0.5) is 0 Å². The van der Waals surface area contributed by atoms with Crippen molar-refractivity contribution in [3.05, 3.63) is 48.7 Å². The SMILES string of the molecule is CCOC(=O)C1CCC1Sc1ccc(-c2ccnc3ccccc23)s1. The van der Waals surface area contributed by atoms with Crippen molar-refractivity contribution in [2.45, 2.75) is 29.2 Å². The molecule has 1 fully saturated rings. The van der Waals surface area contributed by atoms with E-state index < -0.39 is 0 Å². The number of para-hydroxylation sites is 1. The number of pyridine rings is 1. The van der Waals surface area contributed by atoms with E-state index in [1.165, 1.54) is 20.0 Å². The van der Waals surface area contributed by atoms with Gasteiger partial charge >= 0.3 is 5.97 Å². The van der Waals surface area contributed by atoms with Gasteiger partial charge in [-0.3, -0.25) is 9.78 Å². The number of thiophene rings is 1. The Kier molecular flexibility index (Phi) is 4.77. The Balaban J connectivity index is 1.54. The van der Waals surface area contributed by atoms with Crippen LogP contribution in [0.25, 0.3) is 21.3 Å². The number of fused-ring (bicyclic) bond motifs is 1. The first-order valence-corrected chi connectivity index (χ1v) is 10.2. The second-order valence-corrected chi connectivity index (χ2v) is 8.71. The fourth-order valence-corrected chi connectivity index (χ4v) is 5.84. The summed E-state index contributed by atoms with van der Waals surface area (Å²) in [5, 5.41) is 1.52. The molecule has 0 N–H and O–H groups in total. The molecule has 0 amide bonds. The van der Waals surface area contributed by atoms with E-state index in [2.05, 4.69) is 35.3 Å². The molecule has 0 aliphatic heterocycles. The number of ether oxygens (including phenoxy) is 1. The maximum atomic E-state index is 12.0. The summed E-state index contributed by atoms with van der Waals surface area (Å²) in [4.78, 5) is 17.6. The summed E-state index contributed by atoms with van der Waals surface area (Å²) in [6.07, 6.45) is 3.90. The van der Waals surface area contributed by atoms with Crippen LogP contribution in [0, 0.1) is 5.92 Å². The molecule has 2 heterocycles. The Hall–Kier alpha value is -1.85. The van der Waals surface area contributed by atoms with Crippen LogP contribution in [0.2, 0.25) is 0 Å². The first-order valence-electron chi connectivity index (χ1n) is 8.53. The van der Waals surface area contributed by atoms with Gasteiger partial charge in [0.25, 0.3) is 0 Å². The van der Waals surface area contributed by atoms with Crippen molar-refractivity contribution >= 4 is 40.0 Å². The van der Waals surface area contributed by atoms with Crippen LogP contribution in [0.5, 0.6) is 0 Å². The van der Waals surface area contributed by atoms with Gasteiger partial charge in [0, 0.05) is 27.3 Å². The molecular formula is C20H19NO2S2. The number of carbonyl (C=O) groups is 1. The molecule has 2 atom stereocenters. The van der Waals surface area contributed by atoms with Crippen LogP contribution in [0.3, 0.4) is 0 Å². The molecule has 1 saturated carbocycles. The quantitative estimate of drug-likeness (QED) is 0.565. The second kappa shape index (κ2) is 7.18. The van der Waals surface area contributed by atoms with E-state index in [1.54, 1.807) is 11.3 Å². The van der Waals surface area contributed by atoms with E-state index in [0.717, 1.165) is 18.4 Å². The third kappa shape index (κ3) is 3.31. The lowest BCUT2D eigenvalue weighted by molar-refractivity contribution is -0.150. The molecule has 3 nitrogen and oxygen atoms in total. The van der Waals surface area contributed by atoms with Gasteiger partial charge in [-0.05, 0) is 44.0 Å². The fourth-order valence-electron chi connectivity index (χ4n) is 3.12. The fraction of sp³-hybridized carbons (Fsp3) is 0.300. The van der Waals surface area contributed by atoms with Crippen molar-refractivity contribution in [1.82, 2.24) is 4.98 Å². The summed E-state index contributed by atoms with van der Waals surface area (Å²) in [6, 6.07) is 14.6. The zero-order valence-corrected chi connectivity index (χ0v) is 15.6. The Morgan fingerprint density at radius 1 is 1.24 bits per heavy atom. The Morgan fingerprint density at radius 3 is 2.92 bits per heavy atom. The maximum absolute atomic E-state index is 12.0. The molecule has 5 heteroatoms. The van der Waals surface area contributed by atoms with Crippen molar-refractivity contribution in [2.24, 2.45) is 5.92 Å². The number of hydrogen-bond acceptors (Lipinski definition) is 5. The highest BCUT2D eigenvalue weighted by molar-refractivity contribution is 8.01. The molecule has 128 valence electrons. The molecule has 25 heavy (non-hydrogen) atoms. The Labute approximate surface area is 155 Å². The predicted molar refractivity (Wildman–Crippen MR) is 104 cm³/mol. The van der Waals surface area contributed by atoms with E-state index >= 15 is 0 Å². The molecule has 2 aromatic heterocycles. The molecule has 0 saturated heterocycles. The summed E-state index contributed by atoms with van der Waals surface area (Å²) in [5.74, 6) is 0.0143. The van der Waals surface area contributed by atoms with Crippen molar-refractivity contribution in [1.29, 1.82) is 0 Å². The van der Waals surface area contributed by atoms with Crippen molar-refractivity contribution in [3.63, 3.8) is 0 Å². The highest BCUT2D eigenvalue weighted by atomic mass is 32.2. The third-order valence-corrected chi connectivity index (χ3v) is 7.25. The van der Waals surface area contributed by atoms with Crippen LogP contribution in [-0.4, -0.2) is 22.8 Å². The Bertz CT molecular complexity index is 900. The zero-order chi connectivity index (χ0) is 17.2. The van der Waals surface area contributed by atoms with Gasteiger partial charge in [-0.1, -0.05) is 18.2 Å². The summed E-state index contributed by atoms with van der Waals surface area (Å²) >= 11 is 3.60. The second-order valence-electron chi connectivity index (χ2n) is 6.09. The van der Waals surface area contributed by atoms with Crippen LogP contribution >= 0.6 is 23.1 Å². The molecule has 0 radical (unpaired) electrons. The molecule has 3 aromatic rings. The molecule has 1 aromatic carbocycles. The van der Waals surface area contributed by atoms with Gasteiger partial charge in [0.15, 0.2) is 0 Å². The van der Waals surface area contributed by atoms with E-state index in [-0.39, 0.29) is 11.9 Å². The number of carbonyl (C=O) groups excluding carboxylic acids is 1. The number of thioether (sulfide) groups is 1. The largest absolute Gasteiger partial charge is 0.466 e. The Morgan fingerprint density at radius 2 is 2.12 bits per heavy atom. The van der Waals surface area contributed by atoms with Crippen LogP contribution in [0.1, 0.15) is 19.8 Å². The predicted octanol–water partition coefficient (Wildman–Crippen LogP) is 5.40. The highest BCUT2D eigenvalue weighted by Crippen LogP contribution is 2.45. The lowest BCUT2D eigenvalue weighted by atomic mass is 9.85. The summed E-state index contributed by atoms with van der Waals surface area (Å²) in [5.41, 5.74) is 2.24. The van der Waals surface area contributed by atoms with Gasteiger partial charge in [-0.15, -0.1) is 23.1 Å². The molecule has 0 spiro atoms. The van der Waals surface area contributed by atoms with Crippen LogP contribution < -0.4 is 0 Å².